The van der Waals surface area contributed by atoms with E-state index >= 15 is 0 Å². The lowest BCUT2D eigenvalue weighted by atomic mass is 9.85. The molecule has 1 N–H and O–H groups in total. The van der Waals surface area contributed by atoms with Crippen molar-refractivity contribution >= 4 is 7.12 Å². The van der Waals surface area contributed by atoms with Gasteiger partial charge in [0.05, 0.1) is 11.2 Å². The minimum absolute atomic E-state index is 0.181. The van der Waals surface area contributed by atoms with Crippen molar-refractivity contribution in [2.24, 2.45) is 0 Å². The first kappa shape index (κ1) is 12.2. The molecule has 0 aromatic carbocycles. The Labute approximate surface area is 98.7 Å². The van der Waals surface area contributed by atoms with E-state index in [-0.39, 0.29) is 18.3 Å². The fraction of sp³-hybridized carbons (Fsp3) is 0.833. The molecule has 2 saturated heterocycles. The van der Waals surface area contributed by atoms with Crippen molar-refractivity contribution < 1.29 is 9.31 Å². The second-order valence-electron chi connectivity index (χ2n) is 5.73. The molecule has 0 saturated carbocycles. The Kier molecular flexibility index (Phi) is 3.17. The molecule has 16 heavy (non-hydrogen) atoms. The normalized spacial score (nSPS) is 31.0. The van der Waals surface area contributed by atoms with Gasteiger partial charge in [-0.2, -0.15) is 0 Å². The highest BCUT2D eigenvalue weighted by molar-refractivity contribution is 6.51. The van der Waals surface area contributed by atoms with Crippen LogP contribution in [-0.4, -0.2) is 31.4 Å². The fourth-order valence-corrected chi connectivity index (χ4v) is 2.07. The Morgan fingerprint density at radius 3 is 2.31 bits per heavy atom. The highest BCUT2D eigenvalue weighted by atomic mass is 16.7. The van der Waals surface area contributed by atoms with Crippen LogP contribution in [0.2, 0.25) is 0 Å². The third kappa shape index (κ3) is 2.34. The first-order valence-electron chi connectivity index (χ1n) is 6.17. The highest BCUT2D eigenvalue weighted by Gasteiger charge is 2.50. The topological polar surface area (TPSA) is 30.5 Å². The molecule has 0 radical (unpaired) electrons. The van der Waals surface area contributed by atoms with Crippen LogP contribution in [0.5, 0.6) is 0 Å². The molecule has 2 rings (SSSR count). The van der Waals surface area contributed by atoms with Crippen molar-refractivity contribution in [3.05, 3.63) is 11.5 Å². The molecular formula is C12H22BNO2. The van der Waals surface area contributed by atoms with Crippen LogP contribution < -0.4 is 5.32 Å². The summed E-state index contributed by atoms with van der Waals surface area (Å²) in [6.45, 7) is 10.5. The maximum atomic E-state index is 5.94. The van der Waals surface area contributed by atoms with Crippen LogP contribution in [0.15, 0.2) is 11.5 Å². The van der Waals surface area contributed by atoms with Crippen LogP contribution in [0.4, 0.5) is 0 Å². The SMILES string of the molecule is CC1(C)OB(/C=C2/CCCNC2)OC1(C)C. The molecule has 0 spiro atoms. The lowest BCUT2D eigenvalue weighted by Gasteiger charge is -2.32. The summed E-state index contributed by atoms with van der Waals surface area (Å²) in [4.78, 5) is 0. The molecular weight excluding hydrogens is 201 g/mol. The number of rotatable bonds is 1. The number of hydrogen-bond acceptors (Lipinski definition) is 3. The minimum atomic E-state index is -0.225. The van der Waals surface area contributed by atoms with Crippen molar-refractivity contribution in [1.29, 1.82) is 0 Å². The van der Waals surface area contributed by atoms with Gasteiger partial charge >= 0.3 is 7.12 Å². The third-order valence-corrected chi connectivity index (χ3v) is 3.85. The van der Waals surface area contributed by atoms with E-state index in [0.717, 1.165) is 19.5 Å². The van der Waals surface area contributed by atoms with Gasteiger partial charge in [0, 0.05) is 6.54 Å². The summed E-state index contributed by atoms with van der Waals surface area (Å²) in [7, 11) is -0.181. The molecule has 2 aliphatic heterocycles. The molecule has 0 amide bonds. The van der Waals surface area contributed by atoms with Gasteiger partial charge in [-0.25, -0.2) is 0 Å². The van der Waals surface area contributed by atoms with E-state index < -0.39 is 0 Å². The van der Waals surface area contributed by atoms with Crippen LogP contribution in [0, 0.1) is 0 Å². The highest BCUT2D eigenvalue weighted by Crippen LogP contribution is 2.37. The van der Waals surface area contributed by atoms with E-state index in [2.05, 4.69) is 39.0 Å². The van der Waals surface area contributed by atoms with Gasteiger partial charge in [-0.15, -0.1) is 0 Å². The zero-order chi connectivity index (χ0) is 11.8. The number of nitrogens with one attached hydrogen (secondary N) is 1. The molecule has 0 bridgehead atoms. The molecule has 3 nitrogen and oxygen atoms in total. The van der Waals surface area contributed by atoms with Crippen LogP contribution in [0.25, 0.3) is 0 Å². The van der Waals surface area contributed by atoms with E-state index in [1.807, 2.05) is 0 Å². The fourth-order valence-electron chi connectivity index (χ4n) is 2.07. The summed E-state index contributed by atoms with van der Waals surface area (Å²) < 4.78 is 11.9. The van der Waals surface area contributed by atoms with Crippen molar-refractivity contribution in [2.75, 3.05) is 13.1 Å². The van der Waals surface area contributed by atoms with Gasteiger partial charge in [0.25, 0.3) is 0 Å². The Balaban J connectivity index is 2.03. The van der Waals surface area contributed by atoms with Gasteiger partial charge in [-0.05, 0) is 47.1 Å². The average molecular weight is 223 g/mol. The monoisotopic (exact) mass is 223 g/mol. The van der Waals surface area contributed by atoms with Gasteiger partial charge in [-0.1, -0.05) is 11.5 Å². The summed E-state index contributed by atoms with van der Waals surface area (Å²) in [6.07, 6.45) is 2.38. The molecule has 0 aromatic rings. The summed E-state index contributed by atoms with van der Waals surface area (Å²) in [5.41, 5.74) is 0.956. The molecule has 0 unspecified atom stereocenters. The standard InChI is InChI=1S/C12H22BNO2/c1-11(2)12(3,4)16-13(15-11)8-10-6-5-7-14-9-10/h8,14H,5-7,9H2,1-4H3/b10-8-. The molecule has 2 heterocycles. The molecule has 0 aliphatic carbocycles. The molecule has 2 aliphatic rings. The predicted molar refractivity (Wildman–Crippen MR) is 66.3 cm³/mol. The minimum Gasteiger partial charge on any atom is -0.400 e. The Hall–Kier alpha value is -0.315. The summed E-state index contributed by atoms with van der Waals surface area (Å²) in [5, 5.41) is 3.37. The summed E-state index contributed by atoms with van der Waals surface area (Å²) in [6, 6.07) is 0. The van der Waals surface area contributed by atoms with E-state index in [4.69, 9.17) is 9.31 Å². The van der Waals surface area contributed by atoms with Gasteiger partial charge in [0.1, 0.15) is 0 Å². The van der Waals surface area contributed by atoms with E-state index in [9.17, 15) is 0 Å². The quantitative estimate of drug-likeness (QED) is 0.689. The molecule has 2 fully saturated rings. The second-order valence-corrected chi connectivity index (χ2v) is 5.73. The molecule has 90 valence electrons. The maximum absolute atomic E-state index is 5.94. The summed E-state index contributed by atoms with van der Waals surface area (Å²) >= 11 is 0. The second kappa shape index (κ2) is 4.17. The molecule has 0 atom stereocenters. The Morgan fingerprint density at radius 1 is 1.19 bits per heavy atom. The lowest BCUT2D eigenvalue weighted by Crippen LogP contribution is -2.41. The molecule has 0 aromatic heterocycles. The van der Waals surface area contributed by atoms with Crippen LogP contribution in [0.3, 0.4) is 0 Å². The zero-order valence-electron chi connectivity index (χ0n) is 10.8. The predicted octanol–water partition coefficient (Wildman–Crippen LogP) is 1.93. The molecule has 4 heteroatoms. The van der Waals surface area contributed by atoms with Gasteiger partial charge < -0.3 is 14.6 Å². The number of piperidine rings is 1. The average Bonchev–Trinajstić information content (AvgIpc) is 2.36. The lowest BCUT2D eigenvalue weighted by molar-refractivity contribution is 0.00578. The van der Waals surface area contributed by atoms with Crippen molar-refractivity contribution in [3.63, 3.8) is 0 Å². The Bertz CT molecular complexity index is 275. The first-order chi connectivity index (χ1) is 7.41. The first-order valence-corrected chi connectivity index (χ1v) is 6.17. The van der Waals surface area contributed by atoms with Crippen LogP contribution in [-0.2, 0) is 9.31 Å². The number of hydrogen-bond donors (Lipinski definition) is 1. The van der Waals surface area contributed by atoms with E-state index in [1.54, 1.807) is 0 Å². The van der Waals surface area contributed by atoms with E-state index in [0.29, 0.717) is 0 Å². The zero-order valence-corrected chi connectivity index (χ0v) is 10.8. The van der Waals surface area contributed by atoms with Crippen molar-refractivity contribution in [2.45, 2.75) is 51.7 Å². The van der Waals surface area contributed by atoms with Crippen LogP contribution >= 0.6 is 0 Å². The van der Waals surface area contributed by atoms with Gasteiger partial charge in [-0.3, -0.25) is 0 Å². The smallest absolute Gasteiger partial charge is 0.400 e. The van der Waals surface area contributed by atoms with E-state index in [1.165, 1.54) is 12.0 Å². The van der Waals surface area contributed by atoms with Gasteiger partial charge in [0.2, 0.25) is 0 Å². The summed E-state index contributed by atoms with van der Waals surface area (Å²) in [5.74, 6) is 2.14. The van der Waals surface area contributed by atoms with Gasteiger partial charge in [0.15, 0.2) is 0 Å². The Morgan fingerprint density at radius 2 is 1.81 bits per heavy atom. The maximum Gasteiger partial charge on any atom is 0.487 e. The van der Waals surface area contributed by atoms with Crippen molar-refractivity contribution in [1.82, 2.24) is 5.32 Å². The largest absolute Gasteiger partial charge is 0.487 e. The van der Waals surface area contributed by atoms with Crippen molar-refractivity contribution in [3.8, 4) is 0 Å². The third-order valence-electron chi connectivity index (χ3n) is 3.85. The van der Waals surface area contributed by atoms with Crippen LogP contribution in [0.1, 0.15) is 40.5 Å².